The Labute approximate surface area is 108 Å². The summed E-state index contributed by atoms with van der Waals surface area (Å²) in [6.07, 6.45) is 0. The van der Waals surface area contributed by atoms with Gasteiger partial charge in [0.05, 0.1) is 4.92 Å². The van der Waals surface area contributed by atoms with Crippen molar-refractivity contribution in [2.45, 2.75) is 13.5 Å². The van der Waals surface area contributed by atoms with Gasteiger partial charge in [-0.15, -0.1) is 0 Å². The van der Waals surface area contributed by atoms with Crippen LogP contribution in [0.4, 0.5) is 14.5 Å². The molecular weight excluding hydrogens is 260 g/mol. The Morgan fingerprint density at radius 3 is 2.58 bits per heavy atom. The third-order valence-corrected chi connectivity index (χ3v) is 2.30. The maximum atomic E-state index is 13.4. The molecule has 1 aromatic rings. The zero-order chi connectivity index (χ0) is 14.4. The van der Waals surface area contributed by atoms with Crippen molar-refractivity contribution in [2.75, 3.05) is 13.1 Å². The molecule has 6 nitrogen and oxygen atoms in total. The fraction of sp³-hybridized carbons (Fsp3) is 0.364. The molecule has 0 aliphatic heterocycles. The first-order chi connectivity index (χ1) is 8.91. The molecule has 0 aliphatic rings. The van der Waals surface area contributed by atoms with E-state index in [0.29, 0.717) is 19.2 Å². The van der Waals surface area contributed by atoms with E-state index in [1.807, 2.05) is 0 Å². The Hall–Kier alpha value is -2.09. The van der Waals surface area contributed by atoms with Crippen LogP contribution in [0.1, 0.15) is 12.5 Å². The largest absolute Gasteiger partial charge is 0.355 e. The van der Waals surface area contributed by atoms with Gasteiger partial charge in [-0.1, -0.05) is 0 Å². The van der Waals surface area contributed by atoms with Crippen LogP contribution < -0.4 is 10.6 Å². The Balaban J connectivity index is 2.60. The molecule has 1 rings (SSSR count). The molecular formula is C11H13F2N3O3. The molecule has 0 radical (unpaired) electrons. The Bertz CT molecular complexity index is 494. The summed E-state index contributed by atoms with van der Waals surface area (Å²) in [6.45, 7) is 2.08. The second-order valence-corrected chi connectivity index (χ2v) is 3.81. The van der Waals surface area contributed by atoms with E-state index in [1.165, 1.54) is 6.92 Å². The highest BCUT2D eigenvalue weighted by Gasteiger charge is 2.17. The zero-order valence-corrected chi connectivity index (χ0v) is 10.2. The number of hydrogen-bond donors (Lipinski definition) is 2. The van der Waals surface area contributed by atoms with Crippen molar-refractivity contribution in [3.05, 3.63) is 39.4 Å². The minimum Gasteiger partial charge on any atom is -0.355 e. The lowest BCUT2D eigenvalue weighted by Gasteiger charge is -2.07. The molecule has 1 amide bonds. The number of hydrogen-bond acceptors (Lipinski definition) is 4. The van der Waals surface area contributed by atoms with Crippen LogP contribution in [0.2, 0.25) is 0 Å². The molecule has 1 aromatic carbocycles. The average Bonchev–Trinajstić information content (AvgIpc) is 2.30. The van der Waals surface area contributed by atoms with E-state index in [1.54, 1.807) is 0 Å². The van der Waals surface area contributed by atoms with Crippen LogP contribution in [0.25, 0.3) is 0 Å². The predicted octanol–water partition coefficient (Wildman–Crippen LogP) is 1.10. The molecule has 104 valence electrons. The molecule has 0 atom stereocenters. The highest BCUT2D eigenvalue weighted by molar-refractivity contribution is 5.72. The quantitative estimate of drug-likeness (QED) is 0.462. The van der Waals surface area contributed by atoms with Crippen molar-refractivity contribution >= 4 is 11.6 Å². The minimum atomic E-state index is -1.20. The molecule has 19 heavy (non-hydrogen) atoms. The van der Waals surface area contributed by atoms with Crippen molar-refractivity contribution in [2.24, 2.45) is 0 Å². The van der Waals surface area contributed by atoms with Crippen LogP contribution in [-0.2, 0) is 11.3 Å². The third kappa shape index (κ3) is 4.59. The summed E-state index contributed by atoms with van der Waals surface area (Å²) >= 11 is 0. The van der Waals surface area contributed by atoms with Crippen LogP contribution in [0, 0.1) is 21.7 Å². The van der Waals surface area contributed by atoms with Gasteiger partial charge in [0.2, 0.25) is 11.7 Å². The number of nitrogens with one attached hydrogen (secondary N) is 2. The van der Waals surface area contributed by atoms with Crippen LogP contribution in [0.15, 0.2) is 12.1 Å². The standard InChI is InChI=1S/C11H13F2N3O3/c1-7(17)15-3-2-14-6-8-4-11(16(18)19)10(13)5-9(8)12/h4-5,14H,2-3,6H2,1H3,(H,15,17). The molecule has 8 heteroatoms. The van der Waals surface area contributed by atoms with E-state index in [4.69, 9.17) is 0 Å². The highest BCUT2D eigenvalue weighted by Crippen LogP contribution is 2.21. The van der Waals surface area contributed by atoms with Crippen LogP contribution in [0.5, 0.6) is 0 Å². The average molecular weight is 273 g/mol. The molecule has 0 unspecified atom stereocenters. The summed E-state index contributed by atoms with van der Waals surface area (Å²) in [5, 5.41) is 15.8. The number of rotatable bonds is 6. The second kappa shape index (κ2) is 6.74. The SMILES string of the molecule is CC(=O)NCCNCc1cc([N+](=O)[O-])c(F)cc1F. The van der Waals surface area contributed by atoms with Crippen molar-refractivity contribution < 1.29 is 18.5 Å². The van der Waals surface area contributed by atoms with Gasteiger partial charge >= 0.3 is 5.69 Å². The molecule has 2 N–H and O–H groups in total. The van der Waals surface area contributed by atoms with Crippen LogP contribution in [0.3, 0.4) is 0 Å². The van der Waals surface area contributed by atoms with Gasteiger partial charge in [-0.25, -0.2) is 4.39 Å². The topological polar surface area (TPSA) is 84.3 Å². The van der Waals surface area contributed by atoms with E-state index in [2.05, 4.69) is 10.6 Å². The fourth-order valence-electron chi connectivity index (χ4n) is 1.41. The lowest BCUT2D eigenvalue weighted by atomic mass is 10.2. The maximum Gasteiger partial charge on any atom is 0.305 e. The number of carbonyl (C=O) groups is 1. The lowest BCUT2D eigenvalue weighted by Crippen LogP contribution is -2.30. The summed E-state index contributed by atoms with van der Waals surface area (Å²) in [5.41, 5.74) is -0.768. The van der Waals surface area contributed by atoms with E-state index in [9.17, 15) is 23.7 Å². The minimum absolute atomic E-state index is 0.00377. The number of nitrogens with zero attached hydrogens (tertiary/aromatic N) is 1. The normalized spacial score (nSPS) is 10.3. The van der Waals surface area contributed by atoms with Crippen molar-refractivity contribution in [3.8, 4) is 0 Å². The number of carbonyl (C=O) groups excluding carboxylic acids is 1. The van der Waals surface area contributed by atoms with E-state index in [-0.39, 0.29) is 18.0 Å². The monoisotopic (exact) mass is 273 g/mol. The number of nitro benzene ring substituents is 1. The maximum absolute atomic E-state index is 13.4. The summed E-state index contributed by atoms with van der Waals surface area (Å²) in [4.78, 5) is 20.2. The van der Waals surface area contributed by atoms with E-state index in [0.717, 1.165) is 6.07 Å². The molecule has 0 aliphatic carbocycles. The Kier molecular flexibility index (Phi) is 5.31. The lowest BCUT2D eigenvalue weighted by molar-refractivity contribution is -0.387. The van der Waals surface area contributed by atoms with Gasteiger partial charge in [-0.05, 0) is 0 Å². The number of amides is 1. The fourth-order valence-corrected chi connectivity index (χ4v) is 1.41. The summed E-state index contributed by atoms with van der Waals surface area (Å²) in [6, 6.07) is 1.35. The van der Waals surface area contributed by atoms with Gasteiger partial charge in [0, 0.05) is 44.3 Å². The first kappa shape index (κ1) is 15.0. The van der Waals surface area contributed by atoms with Gasteiger partial charge in [0.1, 0.15) is 5.82 Å². The Morgan fingerprint density at radius 1 is 1.32 bits per heavy atom. The van der Waals surface area contributed by atoms with Gasteiger partial charge in [-0.2, -0.15) is 4.39 Å². The molecule has 0 saturated carbocycles. The van der Waals surface area contributed by atoms with Gasteiger partial charge in [-0.3, -0.25) is 14.9 Å². The number of benzene rings is 1. The van der Waals surface area contributed by atoms with Gasteiger partial charge < -0.3 is 10.6 Å². The summed E-state index contributed by atoms with van der Waals surface area (Å²) in [7, 11) is 0. The number of halogens is 2. The van der Waals surface area contributed by atoms with Crippen molar-refractivity contribution in [1.82, 2.24) is 10.6 Å². The molecule has 0 spiro atoms. The van der Waals surface area contributed by atoms with E-state index < -0.39 is 22.2 Å². The summed E-state index contributed by atoms with van der Waals surface area (Å²) in [5.74, 6) is -2.25. The molecule has 0 saturated heterocycles. The molecule has 0 fully saturated rings. The van der Waals surface area contributed by atoms with Crippen LogP contribution in [-0.4, -0.2) is 23.9 Å². The predicted molar refractivity (Wildman–Crippen MR) is 63.4 cm³/mol. The zero-order valence-electron chi connectivity index (χ0n) is 10.2. The summed E-state index contributed by atoms with van der Waals surface area (Å²) < 4.78 is 26.4. The molecule has 0 heterocycles. The van der Waals surface area contributed by atoms with E-state index >= 15 is 0 Å². The first-order valence-corrected chi connectivity index (χ1v) is 5.49. The molecule has 0 aromatic heterocycles. The number of nitro groups is 1. The molecule has 0 bridgehead atoms. The smallest absolute Gasteiger partial charge is 0.305 e. The van der Waals surface area contributed by atoms with Crippen molar-refractivity contribution in [3.63, 3.8) is 0 Å². The van der Waals surface area contributed by atoms with Gasteiger partial charge in [0.15, 0.2) is 0 Å². The van der Waals surface area contributed by atoms with Crippen molar-refractivity contribution in [1.29, 1.82) is 0 Å². The van der Waals surface area contributed by atoms with Gasteiger partial charge in [0.25, 0.3) is 0 Å². The first-order valence-electron chi connectivity index (χ1n) is 5.49. The highest BCUT2D eigenvalue weighted by atomic mass is 19.1. The Morgan fingerprint density at radius 2 is 2.00 bits per heavy atom. The second-order valence-electron chi connectivity index (χ2n) is 3.81. The third-order valence-electron chi connectivity index (χ3n) is 2.30. The van der Waals surface area contributed by atoms with Crippen LogP contribution >= 0.6 is 0 Å².